The molecule has 1 aromatic carbocycles. The maximum atomic E-state index is 6.04. The van der Waals surface area contributed by atoms with Gasteiger partial charge < -0.3 is 5.32 Å². The standard InChI is InChI=1S/C13H18ClNS/c1-2-7-16-13-8-11(14)4-3-10(13)9-15-12-5-6-12/h3-4,8,12,15H,2,5-7,9H2,1H3. The molecule has 0 aliphatic heterocycles. The summed E-state index contributed by atoms with van der Waals surface area (Å²) in [5.74, 6) is 1.16. The first-order chi connectivity index (χ1) is 7.79. The fraction of sp³-hybridized carbons (Fsp3) is 0.538. The minimum atomic E-state index is 0.764. The van der Waals surface area contributed by atoms with Crippen molar-refractivity contribution in [1.29, 1.82) is 0 Å². The summed E-state index contributed by atoms with van der Waals surface area (Å²) in [4.78, 5) is 1.34. The van der Waals surface area contributed by atoms with Crippen molar-refractivity contribution >= 4 is 23.4 Å². The summed E-state index contributed by atoms with van der Waals surface area (Å²) in [6.45, 7) is 3.19. The molecular formula is C13H18ClNS. The molecule has 16 heavy (non-hydrogen) atoms. The highest BCUT2D eigenvalue weighted by Crippen LogP contribution is 2.28. The van der Waals surface area contributed by atoms with Crippen LogP contribution < -0.4 is 5.32 Å². The maximum absolute atomic E-state index is 6.04. The van der Waals surface area contributed by atoms with E-state index < -0.39 is 0 Å². The molecule has 1 aliphatic rings. The van der Waals surface area contributed by atoms with Gasteiger partial charge in [0.05, 0.1) is 0 Å². The Morgan fingerprint density at radius 2 is 2.25 bits per heavy atom. The summed E-state index contributed by atoms with van der Waals surface area (Å²) in [6.07, 6.45) is 3.88. The zero-order chi connectivity index (χ0) is 11.4. The van der Waals surface area contributed by atoms with E-state index in [-0.39, 0.29) is 0 Å². The van der Waals surface area contributed by atoms with Crippen molar-refractivity contribution in [3.63, 3.8) is 0 Å². The number of hydrogen-bond acceptors (Lipinski definition) is 2. The average molecular weight is 256 g/mol. The second-order valence-corrected chi connectivity index (χ2v) is 5.83. The topological polar surface area (TPSA) is 12.0 Å². The molecule has 1 aliphatic carbocycles. The molecular weight excluding hydrogens is 238 g/mol. The van der Waals surface area contributed by atoms with Gasteiger partial charge in [0.25, 0.3) is 0 Å². The van der Waals surface area contributed by atoms with Crippen LogP contribution >= 0.6 is 23.4 Å². The molecule has 0 amide bonds. The first kappa shape index (κ1) is 12.3. The number of thioether (sulfide) groups is 1. The number of nitrogens with one attached hydrogen (secondary N) is 1. The van der Waals surface area contributed by atoms with Gasteiger partial charge >= 0.3 is 0 Å². The van der Waals surface area contributed by atoms with Crippen LogP contribution in [0.4, 0.5) is 0 Å². The summed E-state index contributed by atoms with van der Waals surface area (Å²) in [7, 11) is 0. The van der Waals surface area contributed by atoms with E-state index >= 15 is 0 Å². The van der Waals surface area contributed by atoms with Gasteiger partial charge in [0.15, 0.2) is 0 Å². The molecule has 1 nitrogen and oxygen atoms in total. The second-order valence-electron chi connectivity index (χ2n) is 4.26. The Hall–Kier alpha value is -0.180. The highest BCUT2D eigenvalue weighted by atomic mass is 35.5. The summed E-state index contributed by atoms with van der Waals surface area (Å²) in [6, 6.07) is 6.99. The van der Waals surface area contributed by atoms with E-state index in [1.54, 1.807) is 0 Å². The van der Waals surface area contributed by atoms with Gasteiger partial charge in [-0.05, 0) is 42.7 Å². The molecule has 1 N–H and O–H groups in total. The summed E-state index contributed by atoms with van der Waals surface area (Å²) < 4.78 is 0. The Kier molecular flexibility index (Phi) is 4.56. The fourth-order valence-electron chi connectivity index (χ4n) is 1.56. The van der Waals surface area contributed by atoms with Crippen molar-refractivity contribution in [2.24, 2.45) is 0 Å². The second kappa shape index (κ2) is 5.95. The summed E-state index contributed by atoms with van der Waals surface area (Å²) >= 11 is 7.95. The Morgan fingerprint density at radius 1 is 1.44 bits per heavy atom. The molecule has 0 atom stereocenters. The lowest BCUT2D eigenvalue weighted by molar-refractivity contribution is 0.680. The Balaban J connectivity index is 2.00. The zero-order valence-electron chi connectivity index (χ0n) is 9.63. The molecule has 0 unspecified atom stereocenters. The van der Waals surface area contributed by atoms with Crippen molar-refractivity contribution in [3.05, 3.63) is 28.8 Å². The monoisotopic (exact) mass is 255 g/mol. The van der Waals surface area contributed by atoms with Gasteiger partial charge in [-0.25, -0.2) is 0 Å². The Morgan fingerprint density at radius 3 is 2.94 bits per heavy atom. The number of rotatable bonds is 6. The lowest BCUT2D eigenvalue weighted by Gasteiger charge is -2.10. The maximum Gasteiger partial charge on any atom is 0.0417 e. The smallest absolute Gasteiger partial charge is 0.0417 e. The molecule has 2 rings (SSSR count). The van der Waals surface area contributed by atoms with Crippen LogP contribution in [0, 0.1) is 0 Å². The van der Waals surface area contributed by atoms with E-state index in [1.165, 1.54) is 29.7 Å². The first-order valence-corrected chi connectivity index (χ1v) is 7.30. The molecule has 0 radical (unpaired) electrons. The molecule has 0 saturated heterocycles. The van der Waals surface area contributed by atoms with Crippen molar-refractivity contribution in [2.75, 3.05) is 5.75 Å². The van der Waals surface area contributed by atoms with Crippen LogP contribution in [-0.2, 0) is 6.54 Å². The molecule has 0 heterocycles. The van der Waals surface area contributed by atoms with Crippen LogP contribution in [0.25, 0.3) is 0 Å². The van der Waals surface area contributed by atoms with Gasteiger partial charge in [-0.3, -0.25) is 0 Å². The predicted molar refractivity (Wildman–Crippen MR) is 72.3 cm³/mol. The summed E-state index contributed by atoms with van der Waals surface area (Å²) in [5.41, 5.74) is 1.38. The van der Waals surface area contributed by atoms with Crippen LogP contribution in [0.5, 0.6) is 0 Å². The normalized spacial score (nSPS) is 15.4. The summed E-state index contributed by atoms with van der Waals surface area (Å²) in [5, 5.41) is 4.39. The highest BCUT2D eigenvalue weighted by Gasteiger charge is 2.20. The molecule has 0 bridgehead atoms. The van der Waals surface area contributed by atoms with E-state index in [4.69, 9.17) is 11.6 Å². The average Bonchev–Trinajstić information content (AvgIpc) is 3.09. The third kappa shape index (κ3) is 3.69. The Bertz CT molecular complexity index is 350. The lowest BCUT2D eigenvalue weighted by Crippen LogP contribution is -2.15. The van der Waals surface area contributed by atoms with Crippen LogP contribution in [0.1, 0.15) is 31.7 Å². The molecule has 0 aromatic heterocycles. The highest BCUT2D eigenvalue weighted by molar-refractivity contribution is 7.99. The van der Waals surface area contributed by atoms with Crippen molar-refractivity contribution < 1.29 is 0 Å². The van der Waals surface area contributed by atoms with Gasteiger partial charge in [0, 0.05) is 22.5 Å². The van der Waals surface area contributed by atoms with Crippen LogP contribution in [0.2, 0.25) is 5.02 Å². The van der Waals surface area contributed by atoms with Crippen LogP contribution in [0.3, 0.4) is 0 Å². The number of hydrogen-bond donors (Lipinski definition) is 1. The van der Waals surface area contributed by atoms with Crippen LogP contribution in [-0.4, -0.2) is 11.8 Å². The minimum Gasteiger partial charge on any atom is -0.310 e. The predicted octanol–water partition coefficient (Wildman–Crippen LogP) is 4.09. The van der Waals surface area contributed by atoms with E-state index in [0.29, 0.717) is 0 Å². The van der Waals surface area contributed by atoms with E-state index in [9.17, 15) is 0 Å². The zero-order valence-corrected chi connectivity index (χ0v) is 11.2. The van der Waals surface area contributed by atoms with E-state index in [0.717, 1.165) is 23.4 Å². The molecule has 88 valence electrons. The molecule has 3 heteroatoms. The Labute approximate surface area is 107 Å². The molecule has 0 spiro atoms. The molecule has 1 aromatic rings. The molecule has 1 fully saturated rings. The minimum absolute atomic E-state index is 0.764. The van der Waals surface area contributed by atoms with E-state index in [1.807, 2.05) is 17.8 Å². The fourth-order valence-corrected chi connectivity index (χ4v) is 2.76. The van der Waals surface area contributed by atoms with Crippen molar-refractivity contribution in [2.45, 2.75) is 43.7 Å². The molecule has 1 saturated carbocycles. The third-order valence-electron chi connectivity index (χ3n) is 2.65. The van der Waals surface area contributed by atoms with Gasteiger partial charge in [-0.2, -0.15) is 0 Å². The van der Waals surface area contributed by atoms with Gasteiger partial charge in [0.1, 0.15) is 0 Å². The quantitative estimate of drug-likeness (QED) is 0.769. The van der Waals surface area contributed by atoms with Crippen molar-refractivity contribution in [1.82, 2.24) is 5.32 Å². The van der Waals surface area contributed by atoms with E-state index in [2.05, 4.69) is 24.4 Å². The first-order valence-electron chi connectivity index (χ1n) is 5.94. The van der Waals surface area contributed by atoms with Gasteiger partial charge in [-0.15, -0.1) is 11.8 Å². The number of benzene rings is 1. The number of halogens is 1. The third-order valence-corrected chi connectivity index (χ3v) is 4.19. The van der Waals surface area contributed by atoms with Crippen molar-refractivity contribution in [3.8, 4) is 0 Å². The SMILES string of the molecule is CCCSc1cc(Cl)ccc1CNC1CC1. The van der Waals surface area contributed by atoms with Crippen LogP contribution in [0.15, 0.2) is 23.1 Å². The lowest BCUT2D eigenvalue weighted by atomic mass is 10.2. The van der Waals surface area contributed by atoms with Gasteiger partial charge in [-0.1, -0.05) is 24.6 Å². The van der Waals surface area contributed by atoms with Gasteiger partial charge in [0.2, 0.25) is 0 Å². The largest absolute Gasteiger partial charge is 0.310 e.